The molecule has 100 valence electrons. The molecule has 0 amide bonds. The first kappa shape index (κ1) is 12.4. The fraction of sp³-hybridized carbons (Fsp3) is 0.0625. The van der Waals surface area contributed by atoms with E-state index < -0.39 is 0 Å². The maximum atomic E-state index is 10.8. The Labute approximate surface area is 117 Å². The molecule has 1 aliphatic heterocycles. The molecule has 20 heavy (non-hydrogen) atoms. The normalized spacial score (nSPS) is 17.2. The molecule has 0 aliphatic carbocycles. The molecule has 0 aromatic heterocycles. The molecular weight excluding hydrogens is 250 g/mol. The van der Waals surface area contributed by atoms with Crippen molar-refractivity contribution in [2.24, 2.45) is 0 Å². The van der Waals surface area contributed by atoms with Gasteiger partial charge in [-0.15, -0.1) is 0 Å². The summed E-state index contributed by atoms with van der Waals surface area (Å²) in [4.78, 5) is 10.8. The third-order valence-corrected chi connectivity index (χ3v) is 3.14. The predicted octanol–water partition coefficient (Wildman–Crippen LogP) is 2.45. The number of anilines is 2. The third kappa shape index (κ3) is 2.55. The summed E-state index contributed by atoms with van der Waals surface area (Å²) in [5.41, 5.74) is 9.89. The van der Waals surface area contributed by atoms with Crippen molar-refractivity contribution in [3.63, 3.8) is 0 Å². The summed E-state index contributed by atoms with van der Waals surface area (Å²) in [6.45, 7) is 0. The standard InChI is InChI=1S/C16H15N3O/c20-11-13-10-16(19-18-13)14-8-4-5-9-15(14)17-12-6-2-1-3-7-12/h1-11,13,17-19H. The summed E-state index contributed by atoms with van der Waals surface area (Å²) in [5, 5.41) is 3.39. The van der Waals surface area contributed by atoms with Gasteiger partial charge in [-0.2, -0.15) is 0 Å². The molecule has 3 N–H and O–H groups in total. The van der Waals surface area contributed by atoms with Crippen LogP contribution in [0.2, 0.25) is 0 Å². The lowest BCUT2D eigenvalue weighted by Crippen LogP contribution is -2.32. The van der Waals surface area contributed by atoms with Crippen LogP contribution in [0.3, 0.4) is 0 Å². The average molecular weight is 265 g/mol. The molecule has 1 aliphatic rings. The molecule has 0 spiro atoms. The highest BCUT2D eigenvalue weighted by atomic mass is 16.1. The van der Waals surface area contributed by atoms with Crippen molar-refractivity contribution >= 4 is 23.4 Å². The van der Waals surface area contributed by atoms with E-state index in [-0.39, 0.29) is 6.04 Å². The predicted molar refractivity (Wildman–Crippen MR) is 80.3 cm³/mol. The molecule has 4 heteroatoms. The Hall–Kier alpha value is -2.59. The summed E-state index contributed by atoms with van der Waals surface area (Å²) in [5.74, 6) is 0. The first-order valence-electron chi connectivity index (χ1n) is 6.47. The zero-order valence-corrected chi connectivity index (χ0v) is 10.8. The van der Waals surface area contributed by atoms with Gasteiger partial charge in [0, 0.05) is 16.9 Å². The molecule has 2 aromatic carbocycles. The topological polar surface area (TPSA) is 53.2 Å². The SMILES string of the molecule is O=CC1C=C(c2ccccc2Nc2ccccc2)NN1. The number of hydrogen-bond acceptors (Lipinski definition) is 4. The van der Waals surface area contributed by atoms with E-state index in [1.54, 1.807) is 0 Å². The number of carbonyl (C=O) groups excluding carboxylic acids is 1. The molecule has 0 saturated carbocycles. The van der Waals surface area contributed by atoms with Gasteiger partial charge in [-0.25, -0.2) is 5.43 Å². The number of hydrogen-bond donors (Lipinski definition) is 3. The van der Waals surface area contributed by atoms with Crippen LogP contribution in [0, 0.1) is 0 Å². The van der Waals surface area contributed by atoms with Crippen LogP contribution in [0.5, 0.6) is 0 Å². The molecule has 1 heterocycles. The van der Waals surface area contributed by atoms with E-state index in [0.29, 0.717) is 0 Å². The van der Waals surface area contributed by atoms with Crippen molar-refractivity contribution in [3.05, 3.63) is 66.2 Å². The summed E-state index contributed by atoms with van der Waals surface area (Å²) in [6, 6.07) is 17.7. The van der Waals surface area contributed by atoms with Gasteiger partial charge >= 0.3 is 0 Å². The second-order valence-corrected chi connectivity index (χ2v) is 4.55. The fourth-order valence-electron chi connectivity index (χ4n) is 2.16. The molecule has 0 fully saturated rings. The minimum atomic E-state index is -0.283. The van der Waals surface area contributed by atoms with Crippen LogP contribution < -0.4 is 16.2 Å². The minimum absolute atomic E-state index is 0.283. The van der Waals surface area contributed by atoms with Crippen LogP contribution in [0.15, 0.2) is 60.7 Å². The van der Waals surface area contributed by atoms with Gasteiger partial charge in [-0.1, -0.05) is 36.4 Å². The van der Waals surface area contributed by atoms with Gasteiger partial charge in [-0.05, 0) is 24.3 Å². The number of para-hydroxylation sites is 2. The van der Waals surface area contributed by atoms with Gasteiger partial charge in [-0.3, -0.25) is 0 Å². The molecule has 0 radical (unpaired) electrons. The van der Waals surface area contributed by atoms with Gasteiger partial charge in [0.05, 0.1) is 5.70 Å². The Bertz CT molecular complexity index is 637. The largest absolute Gasteiger partial charge is 0.355 e. The van der Waals surface area contributed by atoms with Crippen molar-refractivity contribution in [2.75, 3.05) is 5.32 Å². The zero-order chi connectivity index (χ0) is 13.8. The van der Waals surface area contributed by atoms with E-state index in [1.165, 1.54) is 0 Å². The lowest BCUT2D eigenvalue weighted by atomic mass is 10.1. The van der Waals surface area contributed by atoms with E-state index in [2.05, 4.69) is 16.2 Å². The van der Waals surface area contributed by atoms with Crippen LogP contribution in [-0.4, -0.2) is 12.3 Å². The molecule has 1 unspecified atom stereocenters. The van der Waals surface area contributed by atoms with E-state index in [1.807, 2.05) is 60.7 Å². The number of rotatable bonds is 4. The van der Waals surface area contributed by atoms with Crippen LogP contribution >= 0.6 is 0 Å². The quantitative estimate of drug-likeness (QED) is 0.743. The Morgan fingerprint density at radius 3 is 2.50 bits per heavy atom. The highest BCUT2D eigenvalue weighted by Gasteiger charge is 2.16. The number of hydrazine groups is 1. The van der Waals surface area contributed by atoms with E-state index in [9.17, 15) is 4.79 Å². The van der Waals surface area contributed by atoms with Crippen molar-refractivity contribution < 1.29 is 4.79 Å². The number of nitrogens with one attached hydrogen (secondary N) is 3. The maximum Gasteiger partial charge on any atom is 0.142 e. The van der Waals surface area contributed by atoms with Crippen molar-refractivity contribution in [1.82, 2.24) is 10.9 Å². The summed E-state index contributed by atoms with van der Waals surface area (Å²) < 4.78 is 0. The first-order chi connectivity index (χ1) is 9.86. The molecule has 0 saturated heterocycles. The highest BCUT2D eigenvalue weighted by Crippen LogP contribution is 2.26. The number of carbonyl (C=O) groups is 1. The average Bonchev–Trinajstić information content (AvgIpc) is 2.98. The van der Waals surface area contributed by atoms with E-state index in [0.717, 1.165) is 28.9 Å². The Balaban J connectivity index is 1.91. The fourth-order valence-corrected chi connectivity index (χ4v) is 2.16. The molecule has 4 nitrogen and oxygen atoms in total. The lowest BCUT2D eigenvalue weighted by Gasteiger charge is -2.13. The van der Waals surface area contributed by atoms with Crippen LogP contribution in [-0.2, 0) is 4.79 Å². The Kier molecular flexibility index (Phi) is 3.48. The molecule has 3 rings (SSSR count). The van der Waals surface area contributed by atoms with Gasteiger partial charge < -0.3 is 15.5 Å². The van der Waals surface area contributed by atoms with Gasteiger partial charge in [0.15, 0.2) is 0 Å². The Morgan fingerprint density at radius 2 is 1.75 bits per heavy atom. The molecule has 2 aromatic rings. The number of aldehydes is 1. The summed E-state index contributed by atoms with van der Waals surface area (Å²) in [6.07, 6.45) is 2.74. The van der Waals surface area contributed by atoms with E-state index in [4.69, 9.17) is 0 Å². The molecular formula is C16H15N3O. The first-order valence-corrected chi connectivity index (χ1v) is 6.47. The highest BCUT2D eigenvalue weighted by molar-refractivity contribution is 5.81. The van der Waals surface area contributed by atoms with Gasteiger partial charge in [0.2, 0.25) is 0 Å². The number of benzene rings is 2. The third-order valence-electron chi connectivity index (χ3n) is 3.14. The van der Waals surface area contributed by atoms with E-state index >= 15 is 0 Å². The zero-order valence-electron chi connectivity index (χ0n) is 10.8. The second-order valence-electron chi connectivity index (χ2n) is 4.55. The van der Waals surface area contributed by atoms with Crippen molar-refractivity contribution in [1.29, 1.82) is 0 Å². The minimum Gasteiger partial charge on any atom is -0.355 e. The second kappa shape index (κ2) is 5.59. The smallest absolute Gasteiger partial charge is 0.142 e. The summed E-state index contributed by atoms with van der Waals surface area (Å²) in [7, 11) is 0. The van der Waals surface area contributed by atoms with Crippen molar-refractivity contribution in [2.45, 2.75) is 6.04 Å². The lowest BCUT2D eigenvalue weighted by molar-refractivity contribution is -0.108. The van der Waals surface area contributed by atoms with Crippen LogP contribution in [0.25, 0.3) is 5.70 Å². The van der Waals surface area contributed by atoms with Gasteiger partial charge in [0.1, 0.15) is 12.3 Å². The summed E-state index contributed by atoms with van der Waals surface area (Å²) >= 11 is 0. The monoisotopic (exact) mass is 265 g/mol. The maximum absolute atomic E-state index is 10.8. The Morgan fingerprint density at radius 1 is 1.00 bits per heavy atom. The van der Waals surface area contributed by atoms with Crippen LogP contribution in [0.1, 0.15) is 5.56 Å². The molecule has 0 bridgehead atoms. The van der Waals surface area contributed by atoms with Crippen molar-refractivity contribution in [3.8, 4) is 0 Å². The van der Waals surface area contributed by atoms with Gasteiger partial charge in [0.25, 0.3) is 0 Å². The molecule has 1 atom stereocenters. The van der Waals surface area contributed by atoms with Crippen LogP contribution in [0.4, 0.5) is 11.4 Å².